The van der Waals surface area contributed by atoms with Crippen molar-refractivity contribution in [2.75, 3.05) is 11.1 Å². The van der Waals surface area contributed by atoms with E-state index < -0.39 is 35.6 Å². The van der Waals surface area contributed by atoms with Crippen LogP contribution in [0.2, 0.25) is 5.02 Å². The number of nitrogens with zero attached hydrogens (tertiary/aromatic N) is 1. The van der Waals surface area contributed by atoms with E-state index in [9.17, 15) is 24.0 Å². The van der Waals surface area contributed by atoms with E-state index in [1.165, 1.54) is 16.3 Å². The second-order valence-corrected chi connectivity index (χ2v) is 14.2. The number of ether oxygens (including phenoxy) is 1. The van der Waals surface area contributed by atoms with E-state index in [4.69, 9.17) is 16.3 Å². The molecule has 0 aliphatic carbocycles. The molecule has 1 unspecified atom stereocenters. The molecular formula is C39H42ClN3O6S. The summed E-state index contributed by atoms with van der Waals surface area (Å²) < 4.78 is 6.74. The maximum atomic E-state index is 13.8. The number of Topliss-reactive ketones (excluding diaryl/α,β-unsaturated/α-hetero) is 1. The van der Waals surface area contributed by atoms with Crippen molar-refractivity contribution < 1.29 is 23.9 Å². The topological polar surface area (TPSA) is 124 Å². The van der Waals surface area contributed by atoms with Gasteiger partial charge in [-0.05, 0) is 62.1 Å². The van der Waals surface area contributed by atoms with E-state index in [1.54, 1.807) is 39.0 Å². The van der Waals surface area contributed by atoms with Crippen LogP contribution in [-0.2, 0) is 49.1 Å². The van der Waals surface area contributed by atoms with Gasteiger partial charge in [-0.25, -0.2) is 0 Å². The third-order valence-electron chi connectivity index (χ3n) is 7.53. The first-order valence-corrected chi connectivity index (χ1v) is 17.9. The summed E-state index contributed by atoms with van der Waals surface area (Å²) in [5.41, 5.74) is 1.97. The molecule has 0 saturated heterocycles. The fourth-order valence-electron chi connectivity index (χ4n) is 5.12. The van der Waals surface area contributed by atoms with Gasteiger partial charge >= 0.3 is 5.97 Å². The average molecular weight is 716 g/mol. The number of benzene rings is 3. The van der Waals surface area contributed by atoms with Gasteiger partial charge in [0.2, 0.25) is 11.8 Å². The Morgan fingerprint density at radius 3 is 2.14 bits per heavy atom. The zero-order chi connectivity index (χ0) is 36.1. The molecule has 9 nitrogen and oxygen atoms in total. The number of esters is 1. The molecule has 2 N–H and O–H groups in total. The van der Waals surface area contributed by atoms with E-state index in [0.29, 0.717) is 29.3 Å². The molecule has 3 aromatic carbocycles. The van der Waals surface area contributed by atoms with Crippen LogP contribution in [0.4, 0.5) is 5.69 Å². The molecule has 0 spiro atoms. The number of carbonyl (C=O) groups is 4. The molecule has 1 atom stereocenters. The largest absolute Gasteiger partial charge is 0.460 e. The van der Waals surface area contributed by atoms with Crippen molar-refractivity contribution in [1.29, 1.82) is 0 Å². The van der Waals surface area contributed by atoms with Crippen LogP contribution in [0.25, 0.3) is 0 Å². The van der Waals surface area contributed by atoms with E-state index in [2.05, 4.69) is 10.6 Å². The summed E-state index contributed by atoms with van der Waals surface area (Å²) in [7, 11) is 0. The number of hydrogen-bond donors (Lipinski definition) is 2. The van der Waals surface area contributed by atoms with E-state index >= 15 is 0 Å². The number of nitrogens with one attached hydrogen (secondary N) is 2. The van der Waals surface area contributed by atoms with Gasteiger partial charge in [0.05, 0.1) is 18.2 Å². The molecule has 4 rings (SSSR count). The van der Waals surface area contributed by atoms with Crippen molar-refractivity contribution >= 4 is 52.6 Å². The molecule has 2 amide bonds. The number of pyridine rings is 1. The molecule has 0 aliphatic rings. The van der Waals surface area contributed by atoms with Crippen LogP contribution in [0, 0.1) is 0 Å². The summed E-state index contributed by atoms with van der Waals surface area (Å²) in [5, 5.41) is 5.97. The maximum Gasteiger partial charge on any atom is 0.308 e. The number of thioether (sulfide) groups is 1. The molecule has 0 radical (unpaired) electrons. The second kappa shape index (κ2) is 18.4. The number of anilines is 1. The predicted molar refractivity (Wildman–Crippen MR) is 198 cm³/mol. The Kier molecular flexibility index (Phi) is 14.0. The van der Waals surface area contributed by atoms with E-state index in [0.717, 1.165) is 16.7 Å². The number of carbonyl (C=O) groups excluding carboxylic acids is 4. The molecule has 262 valence electrons. The number of amides is 2. The van der Waals surface area contributed by atoms with Crippen molar-refractivity contribution in [1.82, 2.24) is 9.88 Å². The lowest BCUT2D eigenvalue weighted by molar-refractivity contribution is -0.156. The Morgan fingerprint density at radius 2 is 1.48 bits per heavy atom. The monoisotopic (exact) mass is 715 g/mol. The van der Waals surface area contributed by atoms with Crippen LogP contribution in [0.5, 0.6) is 0 Å². The van der Waals surface area contributed by atoms with Gasteiger partial charge in [0, 0.05) is 29.3 Å². The zero-order valence-electron chi connectivity index (χ0n) is 28.4. The highest BCUT2D eigenvalue weighted by atomic mass is 35.5. The Labute approximate surface area is 301 Å². The van der Waals surface area contributed by atoms with Crippen LogP contribution < -0.4 is 16.2 Å². The van der Waals surface area contributed by atoms with Gasteiger partial charge in [-0.15, -0.1) is 11.8 Å². The maximum absolute atomic E-state index is 13.8. The summed E-state index contributed by atoms with van der Waals surface area (Å²) in [6.45, 7) is 4.70. The number of hydrogen-bond acceptors (Lipinski definition) is 7. The lowest BCUT2D eigenvalue weighted by Gasteiger charge is -2.23. The van der Waals surface area contributed by atoms with Gasteiger partial charge < -0.3 is 19.9 Å². The molecule has 1 heterocycles. The van der Waals surface area contributed by atoms with Gasteiger partial charge in [0.1, 0.15) is 17.8 Å². The minimum absolute atomic E-state index is 0.00265. The first-order chi connectivity index (χ1) is 23.9. The van der Waals surface area contributed by atoms with E-state index in [1.807, 2.05) is 78.9 Å². The fraction of sp³-hybridized carbons (Fsp3) is 0.308. The Bertz CT molecular complexity index is 1840. The molecule has 50 heavy (non-hydrogen) atoms. The van der Waals surface area contributed by atoms with Crippen molar-refractivity contribution in [3.63, 3.8) is 0 Å². The average Bonchev–Trinajstić information content (AvgIpc) is 3.07. The highest BCUT2D eigenvalue weighted by Gasteiger charge is 2.27. The van der Waals surface area contributed by atoms with Crippen molar-refractivity contribution in [2.45, 2.75) is 70.4 Å². The SMILES string of the molecule is CC(C)(C)OC(=O)CC(NC(=O)Cn1c(Cc2ccccc2)ccc(NC(=O)CCc2ccccc2)c1=O)C(=O)CSCc1ccccc1Cl. The second-order valence-electron chi connectivity index (χ2n) is 12.8. The summed E-state index contributed by atoms with van der Waals surface area (Å²) in [6, 6.07) is 28.4. The van der Waals surface area contributed by atoms with Crippen LogP contribution >= 0.6 is 23.4 Å². The van der Waals surface area contributed by atoms with Crippen LogP contribution in [0.1, 0.15) is 56.0 Å². The normalized spacial score (nSPS) is 11.8. The molecule has 0 fully saturated rings. The van der Waals surface area contributed by atoms with Crippen LogP contribution in [0.3, 0.4) is 0 Å². The summed E-state index contributed by atoms with van der Waals surface area (Å²) in [5.74, 6) is -1.54. The summed E-state index contributed by atoms with van der Waals surface area (Å²) >= 11 is 7.58. The first kappa shape index (κ1) is 38.1. The lowest BCUT2D eigenvalue weighted by Crippen LogP contribution is -2.46. The Morgan fingerprint density at radius 1 is 0.840 bits per heavy atom. The summed E-state index contributed by atoms with van der Waals surface area (Å²) in [6.07, 6.45) is 0.625. The molecule has 11 heteroatoms. The Hall–Kier alpha value is -4.67. The van der Waals surface area contributed by atoms with Gasteiger partial charge in [-0.3, -0.25) is 24.0 Å². The molecule has 1 aromatic heterocycles. The van der Waals surface area contributed by atoms with Gasteiger partial charge in [-0.2, -0.15) is 0 Å². The van der Waals surface area contributed by atoms with Crippen LogP contribution in [-0.4, -0.2) is 45.5 Å². The molecule has 4 aromatic rings. The predicted octanol–water partition coefficient (Wildman–Crippen LogP) is 6.38. The number of ketones is 1. The molecule has 0 bridgehead atoms. The minimum Gasteiger partial charge on any atom is -0.460 e. The van der Waals surface area contributed by atoms with Crippen molar-refractivity contribution in [2.24, 2.45) is 0 Å². The first-order valence-electron chi connectivity index (χ1n) is 16.3. The van der Waals surface area contributed by atoms with Crippen LogP contribution in [0.15, 0.2) is 102 Å². The highest BCUT2D eigenvalue weighted by molar-refractivity contribution is 7.99. The van der Waals surface area contributed by atoms with Crippen molar-refractivity contribution in [3.8, 4) is 0 Å². The molecule has 0 aliphatic heterocycles. The van der Waals surface area contributed by atoms with Gasteiger partial charge in [0.15, 0.2) is 5.78 Å². The quantitative estimate of drug-likeness (QED) is 0.129. The number of aryl methyl sites for hydroxylation is 1. The van der Waals surface area contributed by atoms with Gasteiger partial charge in [0.25, 0.3) is 5.56 Å². The molecule has 0 saturated carbocycles. The smallest absolute Gasteiger partial charge is 0.308 e. The fourth-order valence-corrected chi connectivity index (χ4v) is 6.37. The lowest BCUT2D eigenvalue weighted by atomic mass is 10.1. The highest BCUT2D eigenvalue weighted by Crippen LogP contribution is 2.21. The summed E-state index contributed by atoms with van der Waals surface area (Å²) in [4.78, 5) is 66.5. The molecular weight excluding hydrogens is 674 g/mol. The number of aromatic nitrogens is 1. The Balaban J connectivity index is 1.52. The van der Waals surface area contributed by atoms with E-state index in [-0.39, 0.29) is 36.0 Å². The number of rotatable bonds is 16. The standard InChI is InChI=1S/C39H42ClN3O6S/c1-39(2,3)49-37(47)23-33(34(44)26-50-25-29-16-10-11-17-31(29)40)42-36(46)24-43-30(22-28-14-8-5-9-15-28)19-20-32(38(43)48)41-35(45)21-18-27-12-6-4-7-13-27/h4-17,19-20,33H,18,21-26H2,1-3H3,(H,41,45)(H,42,46). The third-order valence-corrected chi connectivity index (χ3v) is 8.90. The zero-order valence-corrected chi connectivity index (χ0v) is 30.0. The minimum atomic E-state index is -1.19. The number of halogens is 1. The van der Waals surface area contributed by atoms with Crippen molar-refractivity contribution in [3.05, 3.63) is 135 Å². The van der Waals surface area contributed by atoms with Gasteiger partial charge in [-0.1, -0.05) is 90.5 Å². The third kappa shape index (κ3) is 12.3.